The quantitative estimate of drug-likeness (QED) is 0.567. The summed E-state index contributed by atoms with van der Waals surface area (Å²) in [5, 5.41) is 8.02. The van der Waals surface area contributed by atoms with Crippen molar-refractivity contribution in [2.75, 3.05) is 0 Å². The van der Waals surface area contributed by atoms with E-state index < -0.39 is 12.0 Å². The van der Waals surface area contributed by atoms with E-state index in [1.54, 1.807) is 0 Å². The Balaban J connectivity index is 3.83. The number of aliphatic carboxylic acids is 1. The van der Waals surface area contributed by atoms with Gasteiger partial charge in [-0.3, -0.25) is 4.79 Å². The first kappa shape index (κ1) is 7.46. The molecule has 0 aromatic carbocycles. The molecule has 0 heterocycles. The molecule has 0 aromatic rings. The summed E-state index contributed by atoms with van der Waals surface area (Å²) in [6.07, 6.45) is 0. The first-order valence-electron chi connectivity index (χ1n) is 1.88. The van der Waals surface area contributed by atoms with E-state index in [4.69, 9.17) is 22.4 Å². The molecule has 0 amide bonds. The Bertz CT molecular complexity index is 109. The standard InChI is InChI=1S/C4H6ClNO2/c1-2(5)3(6)4(7)8/h3H,1,6H2,(H,7,8)/t3-/m1/s1. The van der Waals surface area contributed by atoms with Crippen LogP contribution in [-0.2, 0) is 4.79 Å². The van der Waals surface area contributed by atoms with Gasteiger partial charge in [-0.25, -0.2) is 0 Å². The minimum absolute atomic E-state index is 0.0579. The van der Waals surface area contributed by atoms with Gasteiger partial charge < -0.3 is 10.8 Å². The third-order valence-corrected chi connectivity index (χ3v) is 0.839. The molecule has 1 atom stereocenters. The number of carboxylic acid groups (broad SMARTS) is 1. The van der Waals surface area contributed by atoms with Crippen molar-refractivity contribution >= 4 is 17.6 Å². The molecule has 0 radical (unpaired) electrons. The zero-order valence-electron chi connectivity index (χ0n) is 4.10. The molecule has 0 unspecified atom stereocenters. The van der Waals surface area contributed by atoms with Crippen LogP contribution in [-0.4, -0.2) is 17.1 Å². The molecule has 0 bridgehead atoms. The van der Waals surface area contributed by atoms with Crippen molar-refractivity contribution in [3.63, 3.8) is 0 Å². The molecule has 3 nitrogen and oxygen atoms in total. The van der Waals surface area contributed by atoms with E-state index in [1.807, 2.05) is 0 Å². The summed E-state index contributed by atoms with van der Waals surface area (Å²) in [5.41, 5.74) is 4.93. The average Bonchev–Trinajstić information content (AvgIpc) is 1.64. The van der Waals surface area contributed by atoms with Gasteiger partial charge in [0.05, 0.1) is 0 Å². The molecule has 3 N–H and O–H groups in total. The average molecular weight is 136 g/mol. The number of nitrogens with two attached hydrogens (primary N) is 1. The van der Waals surface area contributed by atoms with Crippen molar-refractivity contribution in [1.82, 2.24) is 0 Å². The van der Waals surface area contributed by atoms with Crippen LogP contribution in [0.2, 0.25) is 0 Å². The lowest BCUT2D eigenvalue weighted by Gasteiger charge is -1.99. The smallest absolute Gasteiger partial charge is 0.326 e. The predicted octanol–water partition coefficient (Wildman–Crippen LogP) is 0.151. The molecule has 0 saturated carbocycles. The van der Waals surface area contributed by atoms with Crippen LogP contribution in [0.15, 0.2) is 11.6 Å². The molecule has 8 heavy (non-hydrogen) atoms. The fourth-order valence-corrected chi connectivity index (χ4v) is 0.227. The summed E-state index contributed by atoms with van der Waals surface area (Å²) in [5.74, 6) is -1.16. The van der Waals surface area contributed by atoms with E-state index in [0.717, 1.165) is 0 Å². The predicted molar refractivity (Wildman–Crippen MR) is 30.6 cm³/mol. The number of hydrogen-bond acceptors (Lipinski definition) is 2. The lowest BCUT2D eigenvalue weighted by molar-refractivity contribution is -0.137. The normalized spacial score (nSPS) is 12.8. The highest BCUT2D eigenvalue weighted by atomic mass is 35.5. The summed E-state index contributed by atoms with van der Waals surface area (Å²) in [6, 6.07) is -1.14. The molecule has 0 aromatic heterocycles. The van der Waals surface area contributed by atoms with Gasteiger partial charge >= 0.3 is 5.97 Å². The summed E-state index contributed by atoms with van der Waals surface area (Å²) in [6.45, 7) is 3.14. The maximum Gasteiger partial charge on any atom is 0.326 e. The van der Waals surface area contributed by atoms with Crippen LogP contribution in [0.1, 0.15) is 0 Å². The van der Waals surface area contributed by atoms with Gasteiger partial charge in [0.1, 0.15) is 6.04 Å². The fourth-order valence-electron chi connectivity index (χ4n) is 0.134. The van der Waals surface area contributed by atoms with E-state index >= 15 is 0 Å². The molecule has 0 fully saturated rings. The number of carbonyl (C=O) groups is 1. The second-order valence-corrected chi connectivity index (χ2v) is 1.75. The van der Waals surface area contributed by atoms with Gasteiger partial charge in [-0.15, -0.1) is 0 Å². The van der Waals surface area contributed by atoms with Crippen LogP contribution >= 0.6 is 11.6 Å². The first-order valence-corrected chi connectivity index (χ1v) is 2.26. The third kappa shape index (κ3) is 1.95. The van der Waals surface area contributed by atoms with Crippen LogP contribution in [0.4, 0.5) is 0 Å². The lowest BCUT2D eigenvalue weighted by Crippen LogP contribution is -2.29. The van der Waals surface area contributed by atoms with E-state index in [0.29, 0.717) is 0 Å². The maximum absolute atomic E-state index is 9.87. The number of hydrogen-bond donors (Lipinski definition) is 2. The molecule has 0 aliphatic rings. The SMILES string of the molecule is C=C(Cl)[C@@H](N)C(=O)O. The minimum Gasteiger partial charge on any atom is -0.480 e. The molecule has 4 heteroatoms. The van der Waals surface area contributed by atoms with Crippen LogP contribution < -0.4 is 5.73 Å². The number of rotatable bonds is 2. The Hall–Kier alpha value is -0.540. The number of halogens is 1. The number of carboxylic acids is 1. The Morgan fingerprint density at radius 1 is 1.88 bits per heavy atom. The van der Waals surface area contributed by atoms with Gasteiger partial charge in [0.2, 0.25) is 0 Å². The zero-order valence-corrected chi connectivity index (χ0v) is 4.85. The van der Waals surface area contributed by atoms with E-state index in [2.05, 4.69) is 6.58 Å². The highest BCUT2D eigenvalue weighted by Gasteiger charge is 2.11. The molecule has 0 aliphatic heterocycles. The highest BCUT2D eigenvalue weighted by Crippen LogP contribution is 2.00. The Morgan fingerprint density at radius 2 is 2.25 bits per heavy atom. The lowest BCUT2D eigenvalue weighted by atomic mass is 10.3. The summed E-state index contributed by atoms with van der Waals surface area (Å²) < 4.78 is 0. The van der Waals surface area contributed by atoms with Gasteiger partial charge in [-0.2, -0.15) is 0 Å². The van der Waals surface area contributed by atoms with Crippen LogP contribution in [0.25, 0.3) is 0 Å². The van der Waals surface area contributed by atoms with E-state index in [-0.39, 0.29) is 5.03 Å². The van der Waals surface area contributed by atoms with Crippen LogP contribution in [0, 0.1) is 0 Å². The Labute approximate surface area is 51.7 Å². The fraction of sp³-hybridized carbons (Fsp3) is 0.250. The van der Waals surface area contributed by atoms with Crippen LogP contribution in [0.5, 0.6) is 0 Å². The van der Waals surface area contributed by atoms with E-state index in [9.17, 15) is 4.79 Å². The summed E-state index contributed by atoms with van der Waals surface area (Å²) in [7, 11) is 0. The molecular weight excluding hydrogens is 130 g/mol. The van der Waals surface area contributed by atoms with Gasteiger partial charge in [0.25, 0.3) is 0 Å². The third-order valence-electron chi connectivity index (χ3n) is 0.604. The van der Waals surface area contributed by atoms with Gasteiger partial charge in [-0.05, 0) is 0 Å². The second kappa shape index (κ2) is 2.69. The Morgan fingerprint density at radius 3 is 2.25 bits per heavy atom. The van der Waals surface area contributed by atoms with Crippen molar-refractivity contribution in [1.29, 1.82) is 0 Å². The van der Waals surface area contributed by atoms with Gasteiger partial charge in [0.15, 0.2) is 0 Å². The van der Waals surface area contributed by atoms with Gasteiger partial charge in [-0.1, -0.05) is 18.2 Å². The first-order chi connectivity index (χ1) is 3.55. The minimum atomic E-state index is -1.16. The molecular formula is C4H6ClNO2. The van der Waals surface area contributed by atoms with Crippen molar-refractivity contribution in [3.05, 3.63) is 11.6 Å². The molecule has 0 spiro atoms. The zero-order chi connectivity index (χ0) is 6.73. The molecule has 46 valence electrons. The summed E-state index contributed by atoms with van der Waals surface area (Å²) >= 11 is 5.12. The van der Waals surface area contributed by atoms with E-state index in [1.165, 1.54) is 0 Å². The largest absolute Gasteiger partial charge is 0.480 e. The second-order valence-electron chi connectivity index (χ2n) is 1.26. The molecule has 0 aliphatic carbocycles. The topological polar surface area (TPSA) is 63.3 Å². The van der Waals surface area contributed by atoms with Crippen molar-refractivity contribution < 1.29 is 9.90 Å². The van der Waals surface area contributed by atoms with Crippen molar-refractivity contribution in [3.8, 4) is 0 Å². The monoisotopic (exact) mass is 135 g/mol. The van der Waals surface area contributed by atoms with Crippen molar-refractivity contribution in [2.24, 2.45) is 5.73 Å². The molecule has 0 saturated heterocycles. The van der Waals surface area contributed by atoms with Crippen molar-refractivity contribution in [2.45, 2.75) is 6.04 Å². The maximum atomic E-state index is 9.87. The molecule has 0 rings (SSSR count). The van der Waals surface area contributed by atoms with Gasteiger partial charge in [0, 0.05) is 5.03 Å². The highest BCUT2D eigenvalue weighted by molar-refractivity contribution is 6.31. The Kier molecular flexibility index (Phi) is 2.51. The van der Waals surface area contributed by atoms with Crippen LogP contribution in [0.3, 0.4) is 0 Å². The summed E-state index contributed by atoms with van der Waals surface area (Å²) in [4.78, 5) is 9.87.